The first-order chi connectivity index (χ1) is 9.16. The lowest BCUT2D eigenvalue weighted by Gasteiger charge is -2.22. The lowest BCUT2D eigenvalue weighted by atomic mass is 9.97. The fourth-order valence-corrected chi connectivity index (χ4v) is 2.27. The Morgan fingerprint density at radius 3 is 2.53 bits per heavy atom. The van der Waals surface area contributed by atoms with Crippen LogP contribution in [0.25, 0.3) is 0 Å². The molecular formula is C16H19ClN2. The summed E-state index contributed by atoms with van der Waals surface area (Å²) in [4.78, 5) is 4.12. The van der Waals surface area contributed by atoms with Gasteiger partial charge in [0.05, 0.1) is 22.9 Å². The quantitative estimate of drug-likeness (QED) is 0.836. The summed E-state index contributed by atoms with van der Waals surface area (Å²) in [6, 6.07) is 12.5. The molecule has 0 spiro atoms. The highest BCUT2D eigenvalue weighted by Gasteiger charge is 2.14. The summed E-state index contributed by atoms with van der Waals surface area (Å²) in [7, 11) is 0. The maximum Gasteiger partial charge on any atom is 0.0720 e. The highest BCUT2D eigenvalue weighted by Crippen LogP contribution is 2.29. The van der Waals surface area contributed by atoms with Crippen molar-refractivity contribution in [3.8, 4) is 0 Å². The van der Waals surface area contributed by atoms with Crippen LogP contribution in [0.2, 0.25) is 5.02 Å². The van der Waals surface area contributed by atoms with E-state index >= 15 is 0 Å². The Labute approximate surface area is 119 Å². The van der Waals surface area contributed by atoms with E-state index in [-0.39, 0.29) is 6.04 Å². The Morgan fingerprint density at radius 2 is 1.89 bits per heavy atom. The van der Waals surface area contributed by atoms with Gasteiger partial charge in [-0.05, 0) is 24.0 Å². The summed E-state index contributed by atoms with van der Waals surface area (Å²) in [5, 5.41) is 4.21. The smallest absolute Gasteiger partial charge is 0.0720 e. The van der Waals surface area contributed by atoms with Gasteiger partial charge in [0.15, 0.2) is 0 Å². The molecule has 2 aromatic rings. The van der Waals surface area contributed by atoms with E-state index in [1.54, 1.807) is 18.5 Å². The topological polar surface area (TPSA) is 24.9 Å². The zero-order chi connectivity index (χ0) is 13.7. The molecule has 1 unspecified atom stereocenters. The molecule has 0 saturated carbocycles. The summed E-state index contributed by atoms with van der Waals surface area (Å²) < 4.78 is 0. The van der Waals surface area contributed by atoms with Crippen LogP contribution in [0.3, 0.4) is 0 Å². The molecule has 0 aliphatic heterocycles. The molecular weight excluding hydrogens is 256 g/mol. The second-order valence-electron chi connectivity index (χ2n) is 5.09. The highest BCUT2D eigenvalue weighted by molar-refractivity contribution is 6.33. The van der Waals surface area contributed by atoms with Crippen molar-refractivity contribution in [2.45, 2.75) is 26.3 Å². The number of aromatic nitrogens is 1. The lowest BCUT2D eigenvalue weighted by Crippen LogP contribution is -2.13. The number of halogens is 1. The summed E-state index contributed by atoms with van der Waals surface area (Å²) in [5.74, 6) is 0.605. The third-order valence-corrected chi connectivity index (χ3v) is 3.34. The van der Waals surface area contributed by atoms with Gasteiger partial charge < -0.3 is 5.32 Å². The number of nitrogens with zero attached hydrogens (tertiary/aromatic N) is 1. The number of anilines is 1. The first kappa shape index (κ1) is 13.9. The molecule has 1 aromatic carbocycles. The monoisotopic (exact) mass is 274 g/mol. The summed E-state index contributed by atoms with van der Waals surface area (Å²) >= 11 is 6.19. The lowest BCUT2D eigenvalue weighted by molar-refractivity contribution is 0.531. The van der Waals surface area contributed by atoms with E-state index in [0.717, 1.165) is 12.1 Å². The van der Waals surface area contributed by atoms with E-state index in [1.807, 2.05) is 6.07 Å². The van der Waals surface area contributed by atoms with E-state index < -0.39 is 0 Å². The Balaban J connectivity index is 2.22. The molecule has 0 aliphatic rings. The molecule has 0 bridgehead atoms. The molecule has 0 saturated heterocycles. The van der Waals surface area contributed by atoms with Crippen LogP contribution < -0.4 is 5.32 Å². The number of hydrogen-bond donors (Lipinski definition) is 1. The van der Waals surface area contributed by atoms with Crippen LogP contribution in [-0.2, 0) is 0 Å². The number of benzene rings is 1. The average Bonchev–Trinajstić information content (AvgIpc) is 2.41. The molecule has 0 amide bonds. The van der Waals surface area contributed by atoms with Crippen molar-refractivity contribution in [1.82, 2.24) is 4.98 Å². The highest BCUT2D eigenvalue weighted by atomic mass is 35.5. The predicted octanol–water partition coefficient (Wildman–Crippen LogP) is 4.93. The minimum absolute atomic E-state index is 0.253. The van der Waals surface area contributed by atoms with Crippen molar-refractivity contribution in [1.29, 1.82) is 0 Å². The van der Waals surface area contributed by atoms with E-state index in [4.69, 9.17) is 11.6 Å². The van der Waals surface area contributed by atoms with Gasteiger partial charge in [-0.25, -0.2) is 0 Å². The SMILES string of the molecule is CC(C)CC(Nc1cnccc1Cl)c1ccccc1. The minimum atomic E-state index is 0.253. The Bertz CT molecular complexity index is 511. The van der Waals surface area contributed by atoms with Crippen LogP contribution >= 0.6 is 11.6 Å². The molecule has 1 atom stereocenters. The van der Waals surface area contributed by atoms with Gasteiger partial charge in [-0.1, -0.05) is 55.8 Å². The summed E-state index contributed by atoms with van der Waals surface area (Å²) in [6.45, 7) is 4.45. The van der Waals surface area contributed by atoms with Crippen LogP contribution in [0.15, 0.2) is 48.8 Å². The van der Waals surface area contributed by atoms with Gasteiger partial charge in [0, 0.05) is 6.20 Å². The molecule has 1 aromatic heterocycles. The van der Waals surface area contributed by atoms with Crippen molar-refractivity contribution in [2.24, 2.45) is 5.92 Å². The van der Waals surface area contributed by atoms with Gasteiger partial charge in [-0.15, -0.1) is 0 Å². The van der Waals surface area contributed by atoms with Crippen molar-refractivity contribution in [2.75, 3.05) is 5.32 Å². The molecule has 3 heteroatoms. The van der Waals surface area contributed by atoms with E-state index in [2.05, 4.69) is 48.4 Å². The van der Waals surface area contributed by atoms with Crippen molar-refractivity contribution in [3.63, 3.8) is 0 Å². The zero-order valence-corrected chi connectivity index (χ0v) is 12.1. The number of hydrogen-bond acceptors (Lipinski definition) is 2. The Morgan fingerprint density at radius 1 is 1.16 bits per heavy atom. The normalized spacial score (nSPS) is 12.4. The van der Waals surface area contributed by atoms with Crippen LogP contribution in [0.1, 0.15) is 31.9 Å². The number of rotatable bonds is 5. The third-order valence-electron chi connectivity index (χ3n) is 3.01. The molecule has 0 radical (unpaired) electrons. The molecule has 2 rings (SSSR count). The van der Waals surface area contributed by atoms with Gasteiger partial charge in [0.1, 0.15) is 0 Å². The van der Waals surface area contributed by atoms with Gasteiger partial charge in [-0.3, -0.25) is 4.98 Å². The van der Waals surface area contributed by atoms with Gasteiger partial charge in [0.2, 0.25) is 0 Å². The maximum atomic E-state index is 6.19. The largest absolute Gasteiger partial charge is 0.376 e. The first-order valence-corrected chi connectivity index (χ1v) is 6.95. The van der Waals surface area contributed by atoms with Gasteiger partial charge in [0.25, 0.3) is 0 Å². The third kappa shape index (κ3) is 3.97. The standard InChI is InChI=1S/C16H19ClN2/c1-12(2)10-15(13-6-4-3-5-7-13)19-16-11-18-9-8-14(16)17/h3-9,11-12,15,19H,10H2,1-2H3. The van der Waals surface area contributed by atoms with Crippen LogP contribution in [0.4, 0.5) is 5.69 Å². The molecule has 0 aliphatic carbocycles. The van der Waals surface area contributed by atoms with Gasteiger partial charge >= 0.3 is 0 Å². The minimum Gasteiger partial charge on any atom is -0.376 e. The molecule has 2 nitrogen and oxygen atoms in total. The molecule has 1 N–H and O–H groups in total. The molecule has 100 valence electrons. The fourth-order valence-electron chi connectivity index (χ4n) is 2.11. The molecule has 19 heavy (non-hydrogen) atoms. The van der Waals surface area contributed by atoms with Crippen LogP contribution in [0.5, 0.6) is 0 Å². The van der Waals surface area contributed by atoms with Crippen molar-refractivity contribution in [3.05, 3.63) is 59.4 Å². The van der Waals surface area contributed by atoms with Crippen LogP contribution in [-0.4, -0.2) is 4.98 Å². The maximum absolute atomic E-state index is 6.19. The number of pyridine rings is 1. The fraction of sp³-hybridized carbons (Fsp3) is 0.312. The molecule has 1 heterocycles. The van der Waals surface area contributed by atoms with Crippen LogP contribution in [0, 0.1) is 5.92 Å². The van der Waals surface area contributed by atoms with Crippen molar-refractivity contribution < 1.29 is 0 Å². The van der Waals surface area contributed by atoms with E-state index in [1.165, 1.54) is 5.56 Å². The molecule has 0 fully saturated rings. The predicted molar refractivity (Wildman–Crippen MR) is 81.5 cm³/mol. The van der Waals surface area contributed by atoms with Crippen molar-refractivity contribution >= 4 is 17.3 Å². The zero-order valence-electron chi connectivity index (χ0n) is 11.3. The Hall–Kier alpha value is -1.54. The van der Waals surface area contributed by atoms with E-state index in [0.29, 0.717) is 10.9 Å². The van der Waals surface area contributed by atoms with E-state index in [9.17, 15) is 0 Å². The average molecular weight is 275 g/mol. The Kier molecular flexibility index (Phi) is 4.80. The summed E-state index contributed by atoms with van der Waals surface area (Å²) in [5.41, 5.74) is 2.16. The summed E-state index contributed by atoms with van der Waals surface area (Å²) in [6.07, 6.45) is 4.53. The second kappa shape index (κ2) is 6.58. The first-order valence-electron chi connectivity index (χ1n) is 6.58. The second-order valence-corrected chi connectivity index (χ2v) is 5.50. The number of nitrogens with one attached hydrogen (secondary N) is 1. The van der Waals surface area contributed by atoms with Gasteiger partial charge in [-0.2, -0.15) is 0 Å².